The fourth-order valence-electron chi connectivity index (χ4n) is 1.88. The Balaban J connectivity index is 2.52. The van der Waals surface area contributed by atoms with Gasteiger partial charge in [-0.1, -0.05) is 15.9 Å². The molecule has 0 bridgehead atoms. The molecule has 4 nitrogen and oxygen atoms in total. The molecule has 1 heterocycles. The van der Waals surface area contributed by atoms with Gasteiger partial charge in [0, 0.05) is 17.4 Å². The first-order valence-electron chi connectivity index (χ1n) is 5.57. The molecule has 1 unspecified atom stereocenters. The van der Waals surface area contributed by atoms with E-state index in [9.17, 15) is 4.79 Å². The van der Waals surface area contributed by atoms with Crippen molar-refractivity contribution in [2.75, 3.05) is 0 Å². The number of alkyl halides is 1. The van der Waals surface area contributed by atoms with Crippen LogP contribution in [0.25, 0.3) is 11.0 Å². The Morgan fingerprint density at radius 3 is 2.94 bits per heavy atom. The quantitative estimate of drug-likeness (QED) is 0.876. The number of fused-ring (bicyclic) bond motifs is 1. The zero-order valence-corrected chi connectivity index (χ0v) is 12.2. The fourth-order valence-corrected chi connectivity index (χ4v) is 2.40. The van der Waals surface area contributed by atoms with Gasteiger partial charge in [0.2, 0.25) is 5.91 Å². The number of aryl methyl sites for hydroxylation is 1. The van der Waals surface area contributed by atoms with Crippen LogP contribution in [0.3, 0.4) is 0 Å². The molecule has 2 N–H and O–H groups in total. The molecule has 0 fully saturated rings. The third-order valence-electron chi connectivity index (χ3n) is 2.68. The number of aromatic nitrogens is 2. The van der Waals surface area contributed by atoms with Crippen LogP contribution < -0.4 is 5.73 Å². The topological polar surface area (TPSA) is 60.9 Å². The van der Waals surface area contributed by atoms with E-state index in [0.717, 1.165) is 21.3 Å². The van der Waals surface area contributed by atoms with Crippen LogP contribution in [-0.4, -0.2) is 15.5 Å². The molecular formula is C12H13BrClN3O. The maximum absolute atomic E-state index is 10.9. The summed E-state index contributed by atoms with van der Waals surface area (Å²) in [6, 6.07) is 5.82. The third-order valence-corrected chi connectivity index (χ3v) is 3.37. The Bertz CT molecular complexity index is 594. The number of carbonyl (C=O) groups excluding carboxylic acids is 1. The van der Waals surface area contributed by atoms with Crippen LogP contribution in [0.15, 0.2) is 22.7 Å². The summed E-state index contributed by atoms with van der Waals surface area (Å²) < 4.78 is 2.91. The Kier molecular flexibility index (Phi) is 3.92. The van der Waals surface area contributed by atoms with E-state index in [-0.39, 0.29) is 17.7 Å². The van der Waals surface area contributed by atoms with Crippen LogP contribution in [0.4, 0.5) is 0 Å². The predicted molar refractivity (Wildman–Crippen MR) is 75.5 cm³/mol. The number of imidazole rings is 1. The van der Waals surface area contributed by atoms with Crippen LogP contribution in [-0.2, 0) is 11.3 Å². The highest BCUT2D eigenvalue weighted by Gasteiger charge is 2.15. The first kappa shape index (κ1) is 13.4. The number of amides is 1. The summed E-state index contributed by atoms with van der Waals surface area (Å²) in [6.45, 7) is 2.36. The zero-order valence-electron chi connectivity index (χ0n) is 9.86. The van der Waals surface area contributed by atoms with Gasteiger partial charge in [-0.05, 0) is 25.1 Å². The number of primary amides is 1. The summed E-state index contributed by atoms with van der Waals surface area (Å²) in [5, 5.41) is -0.218. The van der Waals surface area contributed by atoms with E-state index in [1.165, 1.54) is 0 Å². The van der Waals surface area contributed by atoms with E-state index in [1.54, 1.807) is 0 Å². The maximum Gasteiger partial charge on any atom is 0.219 e. The standard InChI is InChI=1S/C12H13BrClN3O/c1-7(14)12-16-9-6-8(13)2-3-10(9)17(12)5-4-11(15)18/h2-3,6-7H,4-5H2,1H3,(H2,15,18). The van der Waals surface area contributed by atoms with Crippen molar-refractivity contribution >= 4 is 44.5 Å². The highest BCUT2D eigenvalue weighted by atomic mass is 79.9. The largest absolute Gasteiger partial charge is 0.370 e. The molecule has 0 saturated carbocycles. The summed E-state index contributed by atoms with van der Waals surface area (Å²) >= 11 is 9.53. The van der Waals surface area contributed by atoms with Crippen LogP contribution >= 0.6 is 27.5 Å². The molecular weight excluding hydrogens is 318 g/mol. The van der Waals surface area contributed by atoms with E-state index < -0.39 is 0 Å². The van der Waals surface area contributed by atoms with Gasteiger partial charge in [-0.2, -0.15) is 0 Å². The van der Waals surface area contributed by atoms with Crippen molar-refractivity contribution in [3.8, 4) is 0 Å². The van der Waals surface area contributed by atoms with E-state index >= 15 is 0 Å². The summed E-state index contributed by atoms with van der Waals surface area (Å²) in [4.78, 5) is 15.4. The second kappa shape index (κ2) is 5.28. The van der Waals surface area contributed by atoms with Crippen LogP contribution in [0.5, 0.6) is 0 Å². The molecule has 1 amide bonds. The molecule has 1 atom stereocenters. The summed E-state index contributed by atoms with van der Waals surface area (Å²) in [5.74, 6) is 0.424. The van der Waals surface area contributed by atoms with Crippen LogP contribution in [0, 0.1) is 0 Å². The summed E-state index contributed by atoms with van der Waals surface area (Å²) in [5.41, 5.74) is 7.01. The average Bonchev–Trinajstić information content (AvgIpc) is 2.64. The Labute approximate surface area is 118 Å². The average molecular weight is 331 g/mol. The SMILES string of the molecule is CC(Cl)c1nc2cc(Br)ccc2n1CCC(N)=O. The van der Waals surface area contributed by atoms with Gasteiger partial charge in [0.25, 0.3) is 0 Å². The molecule has 0 aliphatic heterocycles. The van der Waals surface area contributed by atoms with Crippen molar-refractivity contribution in [2.24, 2.45) is 5.73 Å². The lowest BCUT2D eigenvalue weighted by Gasteiger charge is -2.09. The van der Waals surface area contributed by atoms with Gasteiger partial charge in [-0.15, -0.1) is 11.6 Å². The molecule has 2 aromatic rings. The van der Waals surface area contributed by atoms with E-state index in [0.29, 0.717) is 6.54 Å². The van der Waals surface area contributed by atoms with Gasteiger partial charge in [-0.25, -0.2) is 4.98 Å². The number of rotatable bonds is 4. The first-order valence-corrected chi connectivity index (χ1v) is 6.80. The van der Waals surface area contributed by atoms with Crippen LogP contribution in [0.2, 0.25) is 0 Å². The normalized spacial score (nSPS) is 12.8. The number of nitrogens with zero attached hydrogens (tertiary/aromatic N) is 2. The molecule has 96 valence electrons. The highest BCUT2D eigenvalue weighted by molar-refractivity contribution is 9.10. The van der Waals surface area contributed by atoms with E-state index in [1.807, 2.05) is 29.7 Å². The highest BCUT2D eigenvalue weighted by Crippen LogP contribution is 2.26. The Morgan fingerprint density at radius 2 is 2.33 bits per heavy atom. The van der Waals surface area contributed by atoms with Crippen LogP contribution in [0.1, 0.15) is 24.5 Å². The minimum absolute atomic E-state index is 0.218. The first-order chi connectivity index (χ1) is 8.49. The lowest BCUT2D eigenvalue weighted by molar-refractivity contribution is -0.118. The zero-order chi connectivity index (χ0) is 13.3. The molecule has 1 aromatic carbocycles. The molecule has 0 spiro atoms. The van der Waals surface area contributed by atoms with Gasteiger partial charge >= 0.3 is 0 Å². The number of carbonyl (C=O) groups is 1. The number of hydrogen-bond donors (Lipinski definition) is 1. The fraction of sp³-hybridized carbons (Fsp3) is 0.333. The number of hydrogen-bond acceptors (Lipinski definition) is 2. The van der Waals surface area contributed by atoms with Crippen molar-refractivity contribution in [3.63, 3.8) is 0 Å². The lowest BCUT2D eigenvalue weighted by atomic mass is 10.3. The minimum Gasteiger partial charge on any atom is -0.370 e. The molecule has 6 heteroatoms. The Hall–Kier alpha value is -1.07. The van der Waals surface area contributed by atoms with Gasteiger partial charge < -0.3 is 10.3 Å². The van der Waals surface area contributed by atoms with Gasteiger partial charge in [0.05, 0.1) is 16.4 Å². The van der Waals surface area contributed by atoms with Gasteiger partial charge in [-0.3, -0.25) is 4.79 Å². The molecule has 0 saturated heterocycles. The van der Waals surface area contributed by atoms with Crippen molar-refractivity contribution in [1.82, 2.24) is 9.55 Å². The molecule has 18 heavy (non-hydrogen) atoms. The minimum atomic E-state index is -0.331. The monoisotopic (exact) mass is 329 g/mol. The van der Waals surface area contributed by atoms with E-state index in [4.69, 9.17) is 17.3 Å². The van der Waals surface area contributed by atoms with Crippen molar-refractivity contribution in [2.45, 2.75) is 25.3 Å². The molecule has 2 rings (SSSR count). The van der Waals surface area contributed by atoms with Gasteiger partial charge in [0.15, 0.2) is 0 Å². The number of nitrogens with two attached hydrogens (primary N) is 1. The van der Waals surface area contributed by atoms with Crippen molar-refractivity contribution in [1.29, 1.82) is 0 Å². The van der Waals surface area contributed by atoms with E-state index in [2.05, 4.69) is 20.9 Å². The predicted octanol–water partition coefficient (Wildman–Crippen LogP) is 2.97. The molecule has 1 aromatic heterocycles. The summed E-state index contributed by atoms with van der Waals surface area (Å²) in [6.07, 6.45) is 0.276. The molecule has 0 radical (unpaired) electrons. The molecule has 0 aliphatic rings. The van der Waals surface area contributed by atoms with Crippen molar-refractivity contribution in [3.05, 3.63) is 28.5 Å². The number of halogens is 2. The third kappa shape index (κ3) is 2.67. The summed E-state index contributed by atoms with van der Waals surface area (Å²) in [7, 11) is 0. The van der Waals surface area contributed by atoms with Crippen molar-refractivity contribution < 1.29 is 4.79 Å². The second-order valence-electron chi connectivity index (χ2n) is 4.09. The smallest absolute Gasteiger partial charge is 0.219 e. The Morgan fingerprint density at radius 1 is 1.61 bits per heavy atom. The number of benzene rings is 1. The maximum atomic E-state index is 10.9. The second-order valence-corrected chi connectivity index (χ2v) is 5.66. The molecule has 0 aliphatic carbocycles. The lowest BCUT2D eigenvalue weighted by Crippen LogP contribution is -2.15. The van der Waals surface area contributed by atoms with Gasteiger partial charge in [0.1, 0.15) is 5.82 Å².